The van der Waals surface area contributed by atoms with E-state index in [2.05, 4.69) is 4.72 Å². The predicted molar refractivity (Wildman–Crippen MR) is 108 cm³/mol. The van der Waals surface area contributed by atoms with Crippen molar-refractivity contribution in [2.24, 2.45) is 0 Å². The van der Waals surface area contributed by atoms with Gasteiger partial charge in [0.25, 0.3) is 0 Å². The Morgan fingerprint density at radius 3 is 2.41 bits per heavy atom. The Hall–Kier alpha value is -1.41. The van der Waals surface area contributed by atoms with Crippen molar-refractivity contribution in [3.63, 3.8) is 0 Å². The molecule has 2 N–H and O–H groups in total. The molecule has 1 atom stereocenters. The topological polar surface area (TPSA) is 75.6 Å². The molecule has 7 heteroatoms. The number of thiophene rings is 1. The number of sulfonamides is 1. The quantitative estimate of drug-likeness (QED) is 0.691. The summed E-state index contributed by atoms with van der Waals surface area (Å²) >= 11 is 1.59. The highest BCUT2D eigenvalue weighted by molar-refractivity contribution is 7.89. The smallest absolute Gasteiger partial charge is 0.240 e. The maximum Gasteiger partial charge on any atom is 0.240 e. The molecular formula is C20H27NO4S2. The molecule has 1 aliphatic rings. The van der Waals surface area contributed by atoms with Gasteiger partial charge in [-0.3, -0.25) is 0 Å². The summed E-state index contributed by atoms with van der Waals surface area (Å²) in [6, 6.07) is 10.5. The first-order valence-corrected chi connectivity index (χ1v) is 11.7. The Labute approximate surface area is 165 Å². The maximum absolute atomic E-state index is 12.8. The van der Waals surface area contributed by atoms with Crippen molar-refractivity contribution in [2.45, 2.75) is 55.9 Å². The monoisotopic (exact) mass is 409 g/mol. The van der Waals surface area contributed by atoms with E-state index in [1.54, 1.807) is 42.5 Å². The first kappa shape index (κ1) is 20.3. The normalized spacial score (nSPS) is 17.7. The molecule has 0 bridgehead atoms. The summed E-state index contributed by atoms with van der Waals surface area (Å²) in [4.78, 5) is 2.32. The third kappa shape index (κ3) is 4.54. The van der Waals surface area contributed by atoms with E-state index in [9.17, 15) is 13.5 Å². The molecule has 5 nitrogen and oxygen atoms in total. The lowest BCUT2D eigenvalue weighted by Gasteiger charge is -2.28. The fourth-order valence-electron chi connectivity index (χ4n) is 3.62. The Balaban J connectivity index is 1.77. The van der Waals surface area contributed by atoms with Gasteiger partial charge in [0.1, 0.15) is 5.75 Å². The first-order valence-electron chi connectivity index (χ1n) is 9.37. The molecule has 0 saturated heterocycles. The van der Waals surface area contributed by atoms with E-state index in [4.69, 9.17) is 4.74 Å². The van der Waals surface area contributed by atoms with Crippen molar-refractivity contribution in [2.75, 3.05) is 13.2 Å². The van der Waals surface area contributed by atoms with Gasteiger partial charge in [0.2, 0.25) is 10.0 Å². The highest BCUT2D eigenvalue weighted by Crippen LogP contribution is 2.44. The van der Waals surface area contributed by atoms with E-state index in [0.29, 0.717) is 18.9 Å². The number of hydrogen-bond acceptors (Lipinski definition) is 5. The van der Waals surface area contributed by atoms with E-state index in [1.165, 1.54) is 0 Å². The molecule has 0 aliphatic heterocycles. The molecule has 0 amide bonds. The number of aliphatic hydroxyl groups is 1. The third-order valence-electron chi connectivity index (χ3n) is 5.17. The number of ether oxygens (including phenoxy) is 1. The fraction of sp³-hybridized carbons (Fsp3) is 0.500. The average Bonchev–Trinajstić information content (AvgIpc) is 3.31. The lowest BCUT2D eigenvalue weighted by Crippen LogP contribution is -2.38. The molecule has 1 fully saturated rings. The fourth-order valence-corrected chi connectivity index (χ4v) is 5.94. The van der Waals surface area contributed by atoms with Gasteiger partial charge in [-0.25, -0.2) is 13.1 Å². The summed E-state index contributed by atoms with van der Waals surface area (Å²) in [5.74, 6) is 0.660. The van der Waals surface area contributed by atoms with Crippen molar-refractivity contribution in [3.05, 3.63) is 46.2 Å². The first-order chi connectivity index (χ1) is 12.9. The Morgan fingerprint density at radius 2 is 1.85 bits per heavy atom. The summed E-state index contributed by atoms with van der Waals surface area (Å²) in [6.07, 6.45) is 3.60. The minimum Gasteiger partial charge on any atom is -0.494 e. The van der Waals surface area contributed by atoms with Crippen LogP contribution in [0.4, 0.5) is 0 Å². The Kier molecular flexibility index (Phi) is 6.25. The second-order valence-electron chi connectivity index (χ2n) is 7.09. The molecule has 1 aliphatic carbocycles. The van der Waals surface area contributed by atoms with Gasteiger partial charge in [-0.2, -0.15) is 0 Å². The van der Waals surface area contributed by atoms with Crippen molar-refractivity contribution in [1.29, 1.82) is 0 Å². The van der Waals surface area contributed by atoms with Crippen LogP contribution in [-0.4, -0.2) is 26.7 Å². The zero-order valence-corrected chi connectivity index (χ0v) is 17.4. The minimum absolute atomic E-state index is 0.184. The molecule has 27 heavy (non-hydrogen) atoms. The van der Waals surface area contributed by atoms with Gasteiger partial charge in [-0.15, -0.1) is 11.3 Å². The van der Waals surface area contributed by atoms with Crippen LogP contribution in [0, 0.1) is 0 Å². The molecule has 1 unspecified atom stereocenters. The summed E-state index contributed by atoms with van der Waals surface area (Å²) < 4.78 is 33.7. The molecule has 0 radical (unpaired) electrons. The number of benzene rings is 1. The van der Waals surface area contributed by atoms with Crippen LogP contribution >= 0.6 is 11.3 Å². The van der Waals surface area contributed by atoms with Crippen LogP contribution in [0.1, 0.15) is 55.4 Å². The van der Waals surface area contributed by atoms with Crippen LogP contribution in [0.3, 0.4) is 0 Å². The molecular weight excluding hydrogens is 382 g/mol. The summed E-state index contributed by atoms with van der Waals surface area (Å²) in [5.41, 5.74) is -0.184. The Morgan fingerprint density at radius 1 is 1.19 bits per heavy atom. The highest BCUT2D eigenvalue weighted by atomic mass is 32.2. The predicted octanol–water partition coefficient (Wildman–Crippen LogP) is 3.99. The van der Waals surface area contributed by atoms with Gasteiger partial charge < -0.3 is 9.84 Å². The van der Waals surface area contributed by atoms with Crippen molar-refractivity contribution in [3.8, 4) is 5.75 Å². The van der Waals surface area contributed by atoms with Gasteiger partial charge >= 0.3 is 0 Å². The second kappa shape index (κ2) is 8.31. The van der Waals surface area contributed by atoms with Crippen LogP contribution in [-0.2, 0) is 15.4 Å². The van der Waals surface area contributed by atoms with Gasteiger partial charge in [0.05, 0.1) is 17.6 Å². The average molecular weight is 410 g/mol. The van der Waals surface area contributed by atoms with E-state index in [1.807, 2.05) is 19.1 Å². The van der Waals surface area contributed by atoms with E-state index >= 15 is 0 Å². The zero-order valence-electron chi connectivity index (χ0n) is 15.8. The van der Waals surface area contributed by atoms with Crippen molar-refractivity contribution in [1.82, 2.24) is 4.72 Å². The third-order valence-corrected chi connectivity index (χ3v) is 8.09. The van der Waals surface area contributed by atoms with E-state index in [0.717, 1.165) is 35.4 Å². The highest BCUT2D eigenvalue weighted by Gasteiger charge is 2.38. The van der Waals surface area contributed by atoms with Gasteiger partial charge in [0, 0.05) is 21.7 Å². The molecule has 1 heterocycles. The summed E-state index contributed by atoms with van der Waals surface area (Å²) in [5, 5.41) is 9.82. The summed E-state index contributed by atoms with van der Waals surface area (Å²) in [6.45, 7) is 4.57. The zero-order chi connectivity index (χ0) is 19.5. The molecule has 148 valence electrons. The van der Waals surface area contributed by atoms with Crippen LogP contribution in [0.2, 0.25) is 0 Å². The van der Waals surface area contributed by atoms with Crippen LogP contribution in [0.15, 0.2) is 41.3 Å². The van der Waals surface area contributed by atoms with E-state index in [-0.39, 0.29) is 10.3 Å². The van der Waals surface area contributed by atoms with Crippen molar-refractivity contribution < 1.29 is 18.3 Å². The number of nitrogens with one attached hydrogen (secondary N) is 1. The lowest BCUT2D eigenvalue weighted by molar-refractivity contribution is 0.203. The number of hydrogen-bond donors (Lipinski definition) is 2. The molecule has 2 aromatic rings. The van der Waals surface area contributed by atoms with Crippen LogP contribution in [0.5, 0.6) is 5.75 Å². The van der Waals surface area contributed by atoms with Gasteiger partial charge in [-0.05, 0) is 63.1 Å². The maximum atomic E-state index is 12.8. The van der Waals surface area contributed by atoms with E-state index < -0.39 is 16.1 Å². The molecule has 1 saturated carbocycles. The minimum atomic E-state index is -3.59. The molecule has 1 aromatic heterocycles. The van der Waals surface area contributed by atoms with Crippen LogP contribution < -0.4 is 9.46 Å². The van der Waals surface area contributed by atoms with Gasteiger partial charge in [0.15, 0.2) is 0 Å². The standard InChI is InChI=1S/C20H27NO4S2/c1-3-25-16-6-8-17(9-7-16)27(23,24)21-14-20(12-4-5-13-20)19-11-10-18(26-19)15(2)22/h6-11,15,21-22H,3-5,12-14H2,1-2H3. The number of aliphatic hydroxyl groups excluding tert-OH is 1. The largest absolute Gasteiger partial charge is 0.494 e. The lowest BCUT2D eigenvalue weighted by atomic mass is 9.85. The SMILES string of the molecule is CCOc1ccc(S(=O)(=O)NCC2(c3ccc(C(C)O)s3)CCCC2)cc1. The Bertz CT molecular complexity index is 850. The molecule has 3 rings (SSSR count). The molecule has 0 spiro atoms. The van der Waals surface area contributed by atoms with Crippen LogP contribution in [0.25, 0.3) is 0 Å². The summed E-state index contributed by atoms with van der Waals surface area (Å²) in [7, 11) is -3.59. The second-order valence-corrected chi connectivity index (χ2v) is 9.98. The molecule has 1 aromatic carbocycles. The van der Waals surface area contributed by atoms with Gasteiger partial charge in [-0.1, -0.05) is 12.8 Å². The van der Waals surface area contributed by atoms with Crippen molar-refractivity contribution >= 4 is 21.4 Å². The number of rotatable bonds is 8.